The van der Waals surface area contributed by atoms with Crippen molar-refractivity contribution in [2.24, 2.45) is 34.0 Å². The molecule has 2 saturated carbocycles. The molecule has 6 rings (SSSR count). The molecular weight excluding hydrogens is 424 g/mol. The Kier molecular flexibility index (Phi) is 3.49. The van der Waals surface area contributed by atoms with Crippen molar-refractivity contribution in [2.45, 2.75) is 77.3 Å². The Morgan fingerprint density at radius 2 is 1.81 bits per heavy atom. The molecule has 0 aromatic rings. The summed E-state index contributed by atoms with van der Waals surface area (Å²) in [6.45, 7) is 8.77. The zero-order chi connectivity index (χ0) is 23.2. The summed E-state index contributed by atoms with van der Waals surface area (Å²) in [6.07, 6.45) is -5.46. The summed E-state index contributed by atoms with van der Waals surface area (Å²) in [7, 11) is 0. The summed E-state index contributed by atoms with van der Waals surface area (Å²) >= 11 is 0. The first-order chi connectivity index (χ1) is 14.9. The normalized spacial score (nSPS) is 54.5. The van der Waals surface area contributed by atoms with Crippen molar-refractivity contribution < 1.29 is 48.0 Å². The van der Waals surface area contributed by atoms with E-state index in [1.54, 1.807) is 6.92 Å². The van der Waals surface area contributed by atoms with Gasteiger partial charge in [-0.3, -0.25) is 9.59 Å². The van der Waals surface area contributed by atoms with Crippen molar-refractivity contribution in [2.75, 3.05) is 0 Å². The number of rotatable bonds is 1. The van der Waals surface area contributed by atoms with E-state index in [9.17, 15) is 24.3 Å². The molecular formula is C22H26O10. The van der Waals surface area contributed by atoms with Crippen molar-refractivity contribution in [1.29, 1.82) is 0 Å². The third kappa shape index (κ3) is 1.69. The Labute approximate surface area is 183 Å². The summed E-state index contributed by atoms with van der Waals surface area (Å²) in [6, 6.07) is 0. The number of hydrogen-bond donors (Lipinski definition) is 1. The van der Waals surface area contributed by atoms with Crippen LogP contribution in [0.1, 0.15) is 41.0 Å². The van der Waals surface area contributed by atoms with Crippen molar-refractivity contribution in [3.8, 4) is 0 Å². The SMILES string of the molecule is CC(=O)O[C@H]1[C@@H]2OC(=O)[C@@H](C)[C@@H]2[C@@]23O[C@H]4OC(=O)[C@H](O)[C@@]45[C@H](C(C)(C)C)C[C@@H](OC2=O)[C@@]153. The molecule has 0 bridgehead atoms. The second kappa shape index (κ2) is 5.47. The molecule has 0 aromatic carbocycles. The predicted octanol–water partition coefficient (Wildman–Crippen LogP) is 0.0864. The maximum absolute atomic E-state index is 13.6. The maximum Gasteiger partial charge on any atom is 0.340 e. The number of carbonyl (C=O) groups excluding carboxylic acids is 4. The molecule has 10 heteroatoms. The van der Waals surface area contributed by atoms with Gasteiger partial charge >= 0.3 is 23.9 Å². The van der Waals surface area contributed by atoms with Crippen molar-refractivity contribution in [3.05, 3.63) is 0 Å². The van der Waals surface area contributed by atoms with Gasteiger partial charge in [0, 0.05) is 6.92 Å². The van der Waals surface area contributed by atoms with Gasteiger partial charge in [0.2, 0.25) is 6.29 Å². The van der Waals surface area contributed by atoms with Crippen LogP contribution in [-0.2, 0) is 42.9 Å². The summed E-state index contributed by atoms with van der Waals surface area (Å²) in [5.41, 5.74) is -5.07. The molecule has 0 aromatic heterocycles. The van der Waals surface area contributed by atoms with Crippen LogP contribution < -0.4 is 0 Å². The van der Waals surface area contributed by atoms with E-state index in [1.165, 1.54) is 6.92 Å². The van der Waals surface area contributed by atoms with Crippen LogP contribution in [0.4, 0.5) is 0 Å². The van der Waals surface area contributed by atoms with Crippen LogP contribution in [0.3, 0.4) is 0 Å². The van der Waals surface area contributed by atoms with Gasteiger partial charge in [0.1, 0.15) is 17.6 Å². The third-order valence-corrected chi connectivity index (χ3v) is 9.07. The number of hydrogen-bond acceptors (Lipinski definition) is 10. The molecule has 4 aliphatic heterocycles. The lowest BCUT2D eigenvalue weighted by atomic mass is 9.51. The average Bonchev–Trinajstić information content (AvgIpc) is 3.39. The molecule has 4 heterocycles. The zero-order valence-electron chi connectivity index (χ0n) is 18.4. The minimum absolute atomic E-state index is 0.323. The van der Waals surface area contributed by atoms with E-state index in [-0.39, 0.29) is 5.92 Å². The molecule has 4 saturated heterocycles. The summed E-state index contributed by atoms with van der Waals surface area (Å²) in [4.78, 5) is 51.1. The van der Waals surface area contributed by atoms with E-state index in [0.29, 0.717) is 6.42 Å². The Balaban J connectivity index is 1.70. The van der Waals surface area contributed by atoms with Crippen LogP contribution in [0.25, 0.3) is 0 Å². The van der Waals surface area contributed by atoms with Gasteiger partial charge in [0.15, 0.2) is 17.8 Å². The van der Waals surface area contributed by atoms with Crippen LogP contribution in [0.15, 0.2) is 0 Å². The first-order valence-corrected chi connectivity index (χ1v) is 11.0. The third-order valence-electron chi connectivity index (χ3n) is 9.07. The highest BCUT2D eigenvalue weighted by Crippen LogP contribution is 2.84. The Hall–Kier alpha value is -2.20. The van der Waals surface area contributed by atoms with Crippen LogP contribution in [0.5, 0.6) is 0 Å². The number of ether oxygens (including phenoxy) is 5. The van der Waals surface area contributed by atoms with Crippen molar-refractivity contribution >= 4 is 23.9 Å². The Bertz CT molecular complexity index is 984. The summed E-state index contributed by atoms with van der Waals surface area (Å²) in [5.74, 6) is -4.66. The van der Waals surface area contributed by atoms with Crippen molar-refractivity contribution in [1.82, 2.24) is 0 Å². The van der Waals surface area contributed by atoms with Crippen LogP contribution in [0, 0.1) is 34.0 Å². The average molecular weight is 450 g/mol. The van der Waals surface area contributed by atoms with E-state index in [2.05, 4.69) is 0 Å². The van der Waals surface area contributed by atoms with E-state index in [4.69, 9.17) is 23.7 Å². The Morgan fingerprint density at radius 1 is 1.12 bits per heavy atom. The second-order valence-corrected chi connectivity index (χ2v) is 11.1. The van der Waals surface area contributed by atoms with E-state index < -0.39 is 88.3 Å². The maximum atomic E-state index is 13.6. The Morgan fingerprint density at radius 3 is 2.44 bits per heavy atom. The highest BCUT2D eigenvalue weighted by molar-refractivity contribution is 5.92. The quantitative estimate of drug-likeness (QED) is 0.432. The van der Waals surface area contributed by atoms with Gasteiger partial charge in [-0.15, -0.1) is 0 Å². The molecule has 0 unspecified atom stereocenters. The van der Waals surface area contributed by atoms with Gasteiger partial charge in [-0.05, 0) is 17.8 Å². The fourth-order valence-corrected chi connectivity index (χ4v) is 8.43. The largest absolute Gasteiger partial charge is 0.459 e. The molecule has 174 valence electrons. The van der Waals surface area contributed by atoms with Crippen LogP contribution >= 0.6 is 0 Å². The fourth-order valence-electron chi connectivity index (χ4n) is 8.43. The second-order valence-electron chi connectivity index (χ2n) is 11.1. The lowest BCUT2D eigenvalue weighted by molar-refractivity contribution is -0.209. The van der Waals surface area contributed by atoms with Crippen molar-refractivity contribution in [3.63, 3.8) is 0 Å². The number of aliphatic hydroxyl groups excluding tert-OH is 1. The zero-order valence-corrected chi connectivity index (χ0v) is 18.4. The standard InChI is InChI=1S/C22H26O10/c1-7-11-12(30-15(7)25)14(28-8(2)23)21-10-6-9(19(3,4)5)20(21)13(24)16(26)31-18(20)32-22(11,21)17(27)29-10/h7,9-14,18,24H,6H2,1-5H3/t7-,9-,10+,11-,12+,13-,14-,18+,20-,21+,22+/m0/s1. The first kappa shape index (κ1) is 20.4. The van der Waals surface area contributed by atoms with Gasteiger partial charge in [-0.2, -0.15) is 0 Å². The molecule has 32 heavy (non-hydrogen) atoms. The molecule has 11 atom stereocenters. The molecule has 1 N–H and O–H groups in total. The van der Waals surface area contributed by atoms with E-state index in [0.717, 1.165) is 0 Å². The monoisotopic (exact) mass is 450 g/mol. The minimum atomic E-state index is -1.75. The molecule has 6 aliphatic rings. The molecule has 2 spiro atoms. The minimum Gasteiger partial charge on any atom is -0.459 e. The van der Waals surface area contributed by atoms with E-state index in [1.807, 2.05) is 20.8 Å². The number of carbonyl (C=O) groups is 4. The van der Waals surface area contributed by atoms with Crippen LogP contribution in [0.2, 0.25) is 0 Å². The van der Waals surface area contributed by atoms with E-state index >= 15 is 0 Å². The smallest absolute Gasteiger partial charge is 0.340 e. The van der Waals surface area contributed by atoms with Gasteiger partial charge < -0.3 is 28.8 Å². The van der Waals surface area contributed by atoms with Gasteiger partial charge in [-0.1, -0.05) is 27.7 Å². The van der Waals surface area contributed by atoms with Gasteiger partial charge in [0.05, 0.1) is 17.3 Å². The molecule has 2 aliphatic carbocycles. The highest BCUT2D eigenvalue weighted by atomic mass is 16.8. The molecule has 0 amide bonds. The molecule has 6 fully saturated rings. The van der Waals surface area contributed by atoms with Gasteiger partial charge in [0.25, 0.3) is 0 Å². The summed E-state index contributed by atoms with van der Waals surface area (Å²) < 4.78 is 29.2. The van der Waals surface area contributed by atoms with Gasteiger partial charge in [-0.25, -0.2) is 9.59 Å². The lowest BCUT2D eigenvalue weighted by Crippen LogP contribution is -2.63. The summed E-state index contributed by atoms with van der Waals surface area (Å²) in [5, 5.41) is 11.4. The topological polar surface area (TPSA) is 135 Å². The first-order valence-electron chi connectivity index (χ1n) is 11.0. The predicted molar refractivity (Wildman–Crippen MR) is 100 cm³/mol. The lowest BCUT2D eigenvalue weighted by Gasteiger charge is -2.48. The highest BCUT2D eigenvalue weighted by Gasteiger charge is 3.01. The fraction of sp³-hybridized carbons (Fsp3) is 0.818. The number of fused-ring (bicyclic) bond motifs is 1. The van der Waals surface area contributed by atoms with Crippen LogP contribution in [-0.4, -0.2) is 65.3 Å². The number of esters is 4. The number of aliphatic hydroxyl groups is 1. The molecule has 10 nitrogen and oxygen atoms in total. The molecule has 0 radical (unpaired) electrons.